The van der Waals surface area contributed by atoms with E-state index in [9.17, 15) is 5.11 Å². The van der Waals surface area contributed by atoms with E-state index in [-0.39, 0.29) is 12.5 Å². The molecule has 1 aromatic rings. The van der Waals surface area contributed by atoms with Crippen molar-refractivity contribution in [2.45, 2.75) is 25.9 Å². The van der Waals surface area contributed by atoms with Gasteiger partial charge in [0.25, 0.3) is 0 Å². The molecule has 0 amide bonds. The van der Waals surface area contributed by atoms with Crippen molar-refractivity contribution in [1.29, 1.82) is 0 Å². The normalized spacial score (nSPS) is 15.4. The molecule has 72 valence electrons. The number of hydrogen-bond donors (Lipinski definition) is 2. The van der Waals surface area contributed by atoms with E-state index in [1.807, 2.05) is 31.2 Å². The molecule has 0 heterocycles. The van der Waals surface area contributed by atoms with Crippen LogP contribution in [0.5, 0.6) is 0 Å². The monoisotopic (exact) mass is 180 g/mol. The molecule has 0 spiro atoms. The molecule has 0 fully saturated rings. The maximum atomic E-state index is 9.26. The zero-order valence-corrected chi connectivity index (χ0v) is 8.07. The third-order valence-corrected chi connectivity index (χ3v) is 2.26. The van der Waals surface area contributed by atoms with Gasteiger partial charge in [-0.1, -0.05) is 31.2 Å². The molecule has 0 saturated heterocycles. The highest BCUT2D eigenvalue weighted by Gasteiger charge is 2.04. The number of aliphatic hydroxyl groups excluding tert-OH is 2. The van der Waals surface area contributed by atoms with Gasteiger partial charge in [0, 0.05) is 12.5 Å². The zero-order valence-electron chi connectivity index (χ0n) is 8.07. The third kappa shape index (κ3) is 2.54. The quantitative estimate of drug-likeness (QED) is 0.745. The molecule has 2 heteroatoms. The van der Waals surface area contributed by atoms with Crippen LogP contribution in [-0.4, -0.2) is 16.8 Å². The molecule has 1 aromatic carbocycles. The summed E-state index contributed by atoms with van der Waals surface area (Å²) < 4.78 is 0. The first kappa shape index (κ1) is 10.2. The number of aliphatic hydroxyl groups is 2. The van der Waals surface area contributed by atoms with Gasteiger partial charge in [0.1, 0.15) is 0 Å². The first-order chi connectivity index (χ1) is 6.15. The van der Waals surface area contributed by atoms with Crippen LogP contribution in [0.4, 0.5) is 0 Å². The molecular weight excluding hydrogens is 164 g/mol. The minimum atomic E-state index is -0.418. The molecule has 1 rings (SSSR count). The Morgan fingerprint density at radius 3 is 1.92 bits per heavy atom. The molecule has 2 N–H and O–H groups in total. The lowest BCUT2D eigenvalue weighted by Gasteiger charge is -2.10. The van der Waals surface area contributed by atoms with Gasteiger partial charge in [-0.3, -0.25) is 0 Å². The first-order valence-electron chi connectivity index (χ1n) is 4.54. The molecule has 0 aliphatic rings. The zero-order chi connectivity index (χ0) is 9.84. The topological polar surface area (TPSA) is 40.5 Å². The van der Waals surface area contributed by atoms with Crippen LogP contribution in [-0.2, 0) is 0 Å². The Bertz CT molecular complexity index is 251. The van der Waals surface area contributed by atoms with E-state index in [0.29, 0.717) is 0 Å². The van der Waals surface area contributed by atoms with E-state index in [1.54, 1.807) is 6.92 Å². The van der Waals surface area contributed by atoms with Gasteiger partial charge in [0.05, 0.1) is 6.10 Å². The molecule has 0 radical (unpaired) electrons. The Morgan fingerprint density at radius 1 is 1.08 bits per heavy atom. The van der Waals surface area contributed by atoms with Crippen molar-refractivity contribution in [3.8, 4) is 0 Å². The second kappa shape index (κ2) is 4.40. The molecule has 2 unspecified atom stereocenters. The molecule has 13 heavy (non-hydrogen) atoms. The maximum Gasteiger partial charge on any atom is 0.0761 e. The van der Waals surface area contributed by atoms with Gasteiger partial charge in [-0.25, -0.2) is 0 Å². The van der Waals surface area contributed by atoms with E-state index < -0.39 is 6.10 Å². The lowest BCUT2D eigenvalue weighted by molar-refractivity contribution is 0.199. The average Bonchev–Trinajstić information content (AvgIpc) is 2.17. The van der Waals surface area contributed by atoms with Gasteiger partial charge in [-0.2, -0.15) is 0 Å². The van der Waals surface area contributed by atoms with E-state index in [0.717, 1.165) is 11.1 Å². The summed E-state index contributed by atoms with van der Waals surface area (Å²) >= 11 is 0. The van der Waals surface area contributed by atoms with Gasteiger partial charge in [-0.15, -0.1) is 0 Å². The fraction of sp³-hybridized carbons (Fsp3) is 0.455. The lowest BCUT2D eigenvalue weighted by Crippen LogP contribution is -1.99. The van der Waals surface area contributed by atoms with Crippen LogP contribution in [0.2, 0.25) is 0 Å². The number of benzene rings is 1. The summed E-state index contributed by atoms with van der Waals surface area (Å²) in [5, 5.41) is 18.2. The first-order valence-corrected chi connectivity index (χ1v) is 4.54. The minimum Gasteiger partial charge on any atom is -0.396 e. The molecule has 0 bridgehead atoms. The standard InChI is InChI=1S/C11H16O2/c1-8(7-12)10-3-5-11(6-4-10)9(2)13/h3-6,8-9,12-13H,7H2,1-2H3. The summed E-state index contributed by atoms with van der Waals surface area (Å²) in [5.41, 5.74) is 2.01. The van der Waals surface area contributed by atoms with Crippen molar-refractivity contribution in [1.82, 2.24) is 0 Å². The highest BCUT2D eigenvalue weighted by atomic mass is 16.3. The van der Waals surface area contributed by atoms with Gasteiger partial charge < -0.3 is 10.2 Å². The van der Waals surface area contributed by atoms with Crippen LogP contribution < -0.4 is 0 Å². The Kier molecular flexibility index (Phi) is 3.46. The fourth-order valence-electron chi connectivity index (χ4n) is 1.21. The van der Waals surface area contributed by atoms with Crippen molar-refractivity contribution in [3.63, 3.8) is 0 Å². The van der Waals surface area contributed by atoms with Gasteiger partial charge >= 0.3 is 0 Å². The fourth-order valence-corrected chi connectivity index (χ4v) is 1.21. The molecule has 2 atom stereocenters. The molecular formula is C11H16O2. The van der Waals surface area contributed by atoms with Gasteiger partial charge in [0.2, 0.25) is 0 Å². The highest BCUT2D eigenvalue weighted by Crippen LogP contribution is 2.18. The summed E-state index contributed by atoms with van der Waals surface area (Å²) in [6.45, 7) is 3.87. The van der Waals surface area contributed by atoms with Crippen LogP contribution >= 0.6 is 0 Å². The van der Waals surface area contributed by atoms with E-state index in [4.69, 9.17) is 5.11 Å². The van der Waals surface area contributed by atoms with Crippen LogP contribution in [0.3, 0.4) is 0 Å². The second-order valence-electron chi connectivity index (χ2n) is 3.43. The third-order valence-electron chi connectivity index (χ3n) is 2.26. The van der Waals surface area contributed by atoms with E-state index in [1.165, 1.54) is 0 Å². The average molecular weight is 180 g/mol. The van der Waals surface area contributed by atoms with Crippen LogP contribution in [0.15, 0.2) is 24.3 Å². The van der Waals surface area contributed by atoms with Crippen molar-refractivity contribution in [3.05, 3.63) is 35.4 Å². The van der Waals surface area contributed by atoms with Crippen LogP contribution in [0, 0.1) is 0 Å². The van der Waals surface area contributed by atoms with E-state index in [2.05, 4.69) is 0 Å². The van der Waals surface area contributed by atoms with Gasteiger partial charge in [0.15, 0.2) is 0 Å². The van der Waals surface area contributed by atoms with Gasteiger partial charge in [-0.05, 0) is 18.1 Å². The lowest BCUT2D eigenvalue weighted by atomic mass is 9.99. The van der Waals surface area contributed by atoms with Crippen molar-refractivity contribution in [2.75, 3.05) is 6.61 Å². The summed E-state index contributed by atoms with van der Waals surface area (Å²) in [6.07, 6.45) is -0.418. The van der Waals surface area contributed by atoms with Crippen LogP contribution in [0.25, 0.3) is 0 Å². The summed E-state index contributed by atoms with van der Waals surface area (Å²) in [5.74, 6) is 0.169. The molecule has 0 aliphatic heterocycles. The predicted molar refractivity (Wildman–Crippen MR) is 52.6 cm³/mol. The SMILES string of the molecule is CC(O)c1ccc(C(C)CO)cc1. The maximum absolute atomic E-state index is 9.26. The summed E-state index contributed by atoms with van der Waals surface area (Å²) in [6, 6.07) is 7.68. The number of rotatable bonds is 3. The highest BCUT2D eigenvalue weighted by molar-refractivity contribution is 5.26. The molecule has 2 nitrogen and oxygen atoms in total. The Morgan fingerprint density at radius 2 is 1.54 bits per heavy atom. The molecule has 0 aromatic heterocycles. The summed E-state index contributed by atoms with van der Waals surface area (Å²) in [7, 11) is 0. The second-order valence-corrected chi connectivity index (χ2v) is 3.43. The Hall–Kier alpha value is -0.860. The predicted octanol–water partition coefficient (Wildman–Crippen LogP) is 1.84. The largest absolute Gasteiger partial charge is 0.396 e. The number of hydrogen-bond acceptors (Lipinski definition) is 2. The Labute approximate surface area is 78.8 Å². The molecule has 0 saturated carbocycles. The molecule has 0 aliphatic carbocycles. The van der Waals surface area contributed by atoms with Crippen molar-refractivity contribution >= 4 is 0 Å². The van der Waals surface area contributed by atoms with Crippen molar-refractivity contribution in [2.24, 2.45) is 0 Å². The van der Waals surface area contributed by atoms with Crippen LogP contribution in [0.1, 0.15) is 37.0 Å². The van der Waals surface area contributed by atoms with Crippen molar-refractivity contribution < 1.29 is 10.2 Å². The Balaban J connectivity index is 2.81. The van der Waals surface area contributed by atoms with E-state index >= 15 is 0 Å². The minimum absolute atomic E-state index is 0.161. The summed E-state index contributed by atoms with van der Waals surface area (Å²) in [4.78, 5) is 0. The smallest absolute Gasteiger partial charge is 0.0761 e.